The third kappa shape index (κ3) is 9.92. The maximum Gasteiger partial charge on any atom is 0.235 e. The van der Waals surface area contributed by atoms with E-state index in [-0.39, 0.29) is 41.2 Å². The van der Waals surface area contributed by atoms with E-state index in [0.717, 1.165) is 34.9 Å². The lowest BCUT2D eigenvalue weighted by Crippen LogP contribution is -2.40. The zero-order valence-corrected chi connectivity index (χ0v) is 28.7. The van der Waals surface area contributed by atoms with Gasteiger partial charge >= 0.3 is 0 Å². The predicted molar refractivity (Wildman–Crippen MR) is 172 cm³/mol. The fourth-order valence-electron chi connectivity index (χ4n) is 6.46. The van der Waals surface area contributed by atoms with E-state index in [1.807, 2.05) is 0 Å². The number of hydrogen-bond acceptors (Lipinski definition) is 9. The summed E-state index contributed by atoms with van der Waals surface area (Å²) in [6.07, 6.45) is 7.96. The number of halogens is 2. The smallest absolute Gasteiger partial charge is 0.235 e. The molecule has 0 bridgehead atoms. The molecule has 15 heteroatoms. The molecule has 6 unspecified atom stereocenters. The lowest BCUT2D eigenvalue weighted by Gasteiger charge is -2.33. The highest BCUT2D eigenvalue weighted by Gasteiger charge is 2.46. The van der Waals surface area contributed by atoms with E-state index in [1.165, 1.54) is 6.92 Å². The molecular weight excluding hydrogens is 653 g/mol. The summed E-state index contributed by atoms with van der Waals surface area (Å²) in [7, 11) is -7.90. The second-order valence-electron chi connectivity index (χ2n) is 12.0. The summed E-state index contributed by atoms with van der Waals surface area (Å²) >= 11 is 3.48. The third-order valence-electron chi connectivity index (χ3n) is 8.81. The molecule has 6 atom stereocenters. The zero-order chi connectivity index (χ0) is 32.1. The van der Waals surface area contributed by atoms with Crippen molar-refractivity contribution in [1.29, 1.82) is 0 Å². The molecule has 250 valence electrons. The number of hydrogen-bond donors (Lipinski definition) is 1. The number of rotatable bonds is 14. The van der Waals surface area contributed by atoms with Gasteiger partial charge in [-0.2, -0.15) is 0 Å². The fraction of sp³-hybridized carbons (Fsp3) is 0.793. The van der Waals surface area contributed by atoms with Crippen LogP contribution in [0.4, 0.5) is 8.78 Å². The van der Waals surface area contributed by atoms with Crippen LogP contribution >= 0.6 is 23.5 Å². The Hall–Kier alpha value is -1.16. The normalized spacial score (nSPS) is 30.5. The number of alkyl halides is 2. The Kier molecular flexibility index (Phi) is 12.7. The van der Waals surface area contributed by atoms with Crippen LogP contribution in [-0.2, 0) is 24.9 Å². The second kappa shape index (κ2) is 15.6. The van der Waals surface area contributed by atoms with Crippen molar-refractivity contribution in [2.75, 3.05) is 24.6 Å². The minimum absolute atomic E-state index is 0.00204. The average molecular weight is 698 g/mol. The molecule has 2 saturated carbocycles. The van der Waals surface area contributed by atoms with Crippen LogP contribution in [0.3, 0.4) is 0 Å². The zero-order valence-electron chi connectivity index (χ0n) is 25.5. The number of nitrogens with one attached hydrogen (secondary N) is 1. The van der Waals surface area contributed by atoms with Crippen molar-refractivity contribution in [3.05, 3.63) is 22.8 Å². The van der Waals surface area contributed by atoms with Crippen LogP contribution in [0.1, 0.15) is 84.5 Å². The van der Waals surface area contributed by atoms with Crippen molar-refractivity contribution >= 4 is 54.6 Å². The third-order valence-corrected chi connectivity index (χ3v) is 13.8. The Morgan fingerprint density at radius 1 is 1.02 bits per heavy atom. The van der Waals surface area contributed by atoms with E-state index in [2.05, 4.69) is 33.3 Å². The molecule has 0 aromatic heterocycles. The molecule has 9 nitrogen and oxygen atoms in total. The lowest BCUT2D eigenvalue weighted by molar-refractivity contribution is -0.563. The largest absolute Gasteiger partial charge is 0.748 e. The van der Waals surface area contributed by atoms with Crippen LogP contribution < -0.4 is 4.72 Å². The first-order valence-electron chi connectivity index (χ1n) is 15.7. The molecule has 4 rings (SSSR count). The first-order chi connectivity index (χ1) is 20.8. The van der Waals surface area contributed by atoms with Crippen LogP contribution in [0.5, 0.6) is 0 Å². The topological polar surface area (TPSA) is 127 Å². The molecule has 0 spiro atoms. The molecule has 44 heavy (non-hydrogen) atoms. The van der Waals surface area contributed by atoms with Gasteiger partial charge in [0, 0.05) is 48.9 Å². The molecule has 0 radical (unpaired) electrons. The minimum atomic E-state index is -4.28. The second-order valence-corrected chi connectivity index (χ2v) is 18.1. The van der Waals surface area contributed by atoms with Crippen molar-refractivity contribution in [2.45, 2.75) is 119 Å². The predicted octanol–water partition coefficient (Wildman–Crippen LogP) is 4.46. The molecule has 0 aromatic rings. The monoisotopic (exact) mass is 697 g/mol. The summed E-state index contributed by atoms with van der Waals surface area (Å²) in [5.74, 6) is -1.12. The summed E-state index contributed by atoms with van der Waals surface area (Å²) in [5.41, 5.74) is 1.06. The number of nitrogens with zero attached hydrogens (tertiary/aromatic N) is 2. The Balaban J connectivity index is 1.55. The van der Waals surface area contributed by atoms with Gasteiger partial charge in [0.2, 0.25) is 21.0 Å². The van der Waals surface area contributed by atoms with E-state index in [4.69, 9.17) is 0 Å². The van der Waals surface area contributed by atoms with Gasteiger partial charge in [-0.15, -0.1) is 11.8 Å². The number of allylic oxidation sites excluding steroid dienone is 2. The minimum Gasteiger partial charge on any atom is -0.748 e. The number of carbonyl (C=O) groups is 1. The SMILES string of the molecule is CCC(=C/C1=[N+](CCCC(=O)NS(=O)(=O)CC)C2CC(F)CCC2S1)/C=C1\SC2CCC(F)CC2N1CCCCS(=O)(=O)[O-]. The van der Waals surface area contributed by atoms with Crippen LogP contribution in [-0.4, -0.2) is 101 Å². The van der Waals surface area contributed by atoms with Crippen molar-refractivity contribution in [3.63, 3.8) is 0 Å². The summed E-state index contributed by atoms with van der Waals surface area (Å²) in [5, 5.41) is 2.54. The van der Waals surface area contributed by atoms with Gasteiger partial charge in [-0.3, -0.25) is 9.52 Å². The van der Waals surface area contributed by atoms with Gasteiger partial charge in [0.1, 0.15) is 18.9 Å². The van der Waals surface area contributed by atoms with Crippen molar-refractivity contribution < 1.29 is 39.5 Å². The Morgan fingerprint density at radius 2 is 1.73 bits per heavy atom. The van der Waals surface area contributed by atoms with Crippen LogP contribution in [0, 0.1) is 0 Å². The quantitative estimate of drug-likeness (QED) is 0.159. The van der Waals surface area contributed by atoms with Crippen LogP contribution in [0.2, 0.25) is 0 Å². The van der Waals surface area contributed by atoms with Gasteiger partial charge < -0.3 is 9.45 Å². The Labute approximate surface area is 269 Å². The van der Waals surface area contributed by atoms with Gasteiger partial charge in [-0.25, -0.2) is 30.2 Å². The van der Waals surface area contributed by atoms with E-state index < -0.39 is 44.1 Å². The van der Waals surface area contributed by atoms with E-state index in [9.17, 15) is 35.0 Å². The number of thioether (sulfide) groups is 2. The maximum absolute atomic E-state index is 14.5. The number of unbranched alkanes of at least 4 members (excludes halogenated alkanes) is 1. The van der Waals surface area contributed by atoms with Crippen LogP contribution in [0.25, 0.3) is 0 Å². The molecule has 1 amide bonds. The number of carbonyl (C=O) groups excluding carboxylic acids is 1. The molecular formula is C29H45F2N3O6S4. The number of sulfonamides is 1. The number of amides is 1. The van der Waals surface area contributed by atoms with Gasteiger partial charge in [0.25, 0.3) is 0 Å². The van der Waals surface area contributed by atoms with Crippen molar-refractivity contribution in [3.8, 4) is 0 Å². The molecule has 1 N–H and O–H groups in total. The fourth-order valence-corrected chi connectivity index (χ4v) is 10.7. The summed E-state index contributed by atoms with van der Waals surface area (Å²) in [4.78, 5) is 14.4. The van der Waals surface area contributed by atoms with E-state index >= 15 is 0 Å². The molecule has 2 aliphatic heterocycles. The number of fused-ring (bicyclic) bond motifs is 2. The first-order valence-corrected chi connectivity index (χ1v) is 20.7. The molecule has 4 aliphatic rings. The van der Waals surface area contributed by atoms with Crippen molar-refractivity contribution in [2.24, 2.45) is 0 Å². The standard InChI is InChI=1S/C29H45F2N3O6S4/c1-3-20(16-28-33(13-5-6-15-44(38,39)40)23-18-21(30)9-11-25(23)41-28)17-29-34(24-19-22(31)10-12-26(24)42-29)14-7-8-27(35)32-43(36,37)4-2/h16-17,21-26H,3-15,18-19H2,1-2H3,(H-,32,35,38,39,40). The molecule has 2 aliphatic carbocycles. The highest BCUT2D eigenvalue weighted by Crippen LogP contribution is 2.47. The molecule has 2 heterocycles. The van der Waals surface area contributed by atoms with Crippen LogP contribution in [0.15, 0.2) is 22.8 Å². The first kappa shape index (κ1) is 35.7. The molecule has 3 fully saturated rings. The molecule has 0 aromatic carbocycles. The van der Waals surface area contributed by atoms with E-state index in [0.29, 0.717) is 51.6 Å². The van der Waals surface area contributed by atoms with E-state index in [1.54, 1.807) is 23.5 Å². The highest BCUT2D eigenvalue weighted by atomic mass is 32.2. The van der Waals surface area contributed by atoms with Gasteiger partial charge in [0.15, 0.2) is 6.04 Å². The van der Waals surface area contributed by atoms with Gasteiger partial charge in [-0.05, 0) is 81.7 Å². The molecule has 1 saturated heterocycles. The summed E-state index contributed by atoms with van der Waals surface area (Å²) in [6.45, 7) is 4.59. The highest BCUT2D eigenvalue weighted by molar-refractivity contribution is 8.14. The average Bonchev–Trinajstić information content (AvgIpc) is 3.46. The maximum atomic E-state index is 14.5. The summed E-state index contributed by atoms with van der Waals surface area (Å²) < 4.78 is 90.1. The Bertz CT molecular complexity index is 1350. The van der Waals surface area contributed by atoms with Gasteiger partial charge in [-0.1, -0.05) is 6.92 Å². The van der Waals surface area contributed by atoms with Gasteiger partial charge in [0.05, 0.1) is 26.1 Å². The van der Waals surface area contributed by atoms with Crippen molar-refractivity contribution in [1.82, 2.24) is 9.62 Å². The summed E-state index contributed by atoms with van der Waals surface area (Å²) in [6, 6.07) is 0.0243. The Morgan fingerprint density at radius 3 is 2.41 bits per heavy atom. The lowest BCUT2D eigenvalue weighted by atomic mass is 9.92.